The predicted octanol–water partition coefficient (Wildman–Crippen LogP) is 2.36. The van der Waals surface area contributed by atoms with Crippen LogP contribution < -0.4 is 5.32 Å². The van der Waals surface area contributed by atoms with Gasteiger partial charge >= 0.3 is 0 Å². The Morgan fingerprint density at radius 3 is 1.95 bits per heavy atom. The lowest BCUT2D eigenvalue weighted by Gasteiger charge is -2.20. The molecule has 0 aliphatic rings. The average Bonchev–Trinajstić information content (AvgIpc) is 2.53. The predicted molar refractivity (Wildman–Crippen MR) is 81.4 cm³/mol. The van der Waals surface area contributed by atoms with Crippen molar-refractivity contribution in [3.05, 3.63) is 60.2 Å². The van der Waals surface area contributed by atoms with Gasteiger partial charge in [-0.2, -0.15) is 0 Å². The highest BCUT2D eigenvalue weighted by Crippen LogP contribution is 2.21. The Morgan fingerprint density at radius 2 is 1.40 bits per heavy atom. The first-order valence-corrected chi connectivity index (χ1v) is 6.87. The van der Waals surface area contributed by atoms with Crippen LogP contribution in [0.3, 0.4) is 0 Å². The normalized spacial score (nSPS) is 12.6. The van der Waals surface area contributed by atoms with Gasteiger partial charge in [0, 0.05) is 6.04 Å². The molecule has 0 saturated heterocycles. The molecule has 3 heteroatoms. The molecule has 0 amide bonds. The zero-order valence-corrected chi connectivity index (χ0v) is 11.7. The van der Waals surface area contributed by atoms with Gasteiger partial charge in [0.1, 0.15) is 0 Å². The number of hydrogen-bond donors (Lipinski definition) is 3. The minimum atomic E-state index is -0.279. The molecule has 0 aromatic heterocycles. The maximum Gasteiger partial charge on any atom is 0.0607 e. The first-order chi connectivity index (χ1) is 9.74. The molecule has 0 unspecified atom stereocenters. The van der Waals surface area contributed by atoms with Crippen molar-refractivity contribution in [1.82, 2.24) is 5.32 Å². The number of aliphatic hydroxyl groups is 2. The average molecular weight is 271 g/mol. The van der Waals surface area contributed by atoms with E-state index in [-0.39, 0.29) is 25.3 Å². The van der Waals surface area contributed by atoms with Crippen LogP contribution in [0, 0.1) is 0 Å². The van der Waals surface area contributed by atoms with Gasteiger partial charge in [-0.1, -0.05) is 54.6 Å². The Balaban J connectivity index is 2.08. The number of nitrogens with one attached hydrogen (secondary N) is 1. The summed E-state index contributed by atoms with van der Waals surface area (Å²) in [5, 5.41) is 21.4. The molecule has 0 radical (unpaired) electrons. The molecule has 106 valence electrons. The fourth-order valence-corrected chi connectivity index (χ4v) is 2.21. The Labute approximate surface area is 119 Å². The maximum atomic E-state index is 9.09. The second-order valence-corrected chi connectivity index (χ2v) is 4.94. The van der Waals surface area contributed by atoms with Gasteiger partial charge in [-0.05, 0) is 23.6 Å². The van der Waals surface area contributed by atoms with Crippen molar-refractivity contribution < 1.29 is 10.2 Å². The largest absolute Gasteiger partial charge is 0.395 e. The molecule has 2 aromatic carbocycles. The standard InChI is InChI=1S/C17H21NO2/c1-13(18-17(11-19)12-20)14-7-9-16(10-8-14)15-5-3-2-4-6-15/h2-10,13,17-20H,11-12H2,1H3/t13-/m1/s1. The summed E-state index contributed by atoms with van der Waals surface area (Å²) in [5.41, 5.74) is 3.52. The Bertz CT molecular complexity index is 506. The zero-order valence-electron chi connectivity index (χ0n) is 11.7. The van der Waals surface area contributed by atoms with Crippen LogP contribution in [-0.4, -0.2) is 29.5 Å². The van der Waals surface area contributed by atoms with E-state index in [0.717, 1.165) is 5.56 Å². The lowest BCUT2D eigenvalue weighted by atomic mass is 10.0. The highest BCUT2D eigenvalue weighted by Gasteiger charge is 2.11. The monoisotopic (exact) mass is 271 g/mol. The van der Waals surface area contributed by atoms with E-state index in [0.29, 0.717) is 0 Å². The zero-order chi connectivity index (χ0) is 14.4. The smallest absolute Gasteiger partial charge is 0.0607 e. The maximum absolute atomic E-state index is 9.09. The van der Waals surface area contributed by atoms with Gasteiger partial charge in [0.25, 0.3) is 0 Å². The molecule has 0 spiro atoms. The first-order valence-electron chi connectivity index (χ1n) is 6.87. The molecule has 0 aliphatic heterocycles. The van der Waals surface area contributed by atoms with E-state index >= 15 is 0 Å². The van der Waals surface area contributed by atoms with Crippen LogP contribution in [0.1, 0.15) is 18.5 Å². The highest BCUT2D eigenvalue weighted by molar-refractivity contribution is 5.63. The second-order valence-electron chi connectivity index (χ2n) is 4.94. The van der Waals surface area contributed by atoms with Crippen LogP contribution in [-0.2, 0) is 0 Å². The van der Waals surface area contributed by atoms with Gasteiger partial charge in [-0.3, -0.25) is 0 Å². The quantitative estimate of drug-likeness (QED) is 0.756. The molecule has 0 heterocycles. The van der Waals surface area contributed by atoms with Crippen LogP contribution >= 0.6 is 0 Å². The van der Waals surface area contributed by atoms with Crippen LogP contribution in [0.2, 0.25) is 0 Å². The highest BCUT2D eigenvalue weighted by atomic mass is 16.3. The molecule has 2 aromatic rings. The Kier molecular flexibility index (Phi) is 5.30. The van der Waals surface area contributed by atoms with Crippen LogP contribution in [0.25, 0.3) is 11.1 Å². The van der Waals surface area contributed by atoms with Crippen LogP contribution in [0.4, 0.5) is 0 Å². The summed E-state index contributed by atoms with van der Waals surface area (Å²) in [7, 11) is 0. The molecular formula is C17H21NO2. The number of rotatable bonds is 6. The molecular weight excluding hydrogens is 250 g/mol. The summed E-state index contributed by atoms with van der Waals surface area (Å²) in [6.45, 7) is 1.89. The lowest BCUT2D eigenvalue weighted by Crippen LogP contribution is -2.37. The van der Waals surface area contributed by atoms with E-state index in [1.54, 1.807) is 0 Å². The molecule has 3 N–H and O–H groups in total. The first kappa shape index (κ1) is 14.7. The topological polar surface area (TPSA) is 52.5 Å². The summed E-state index contributed by atoms with van der Waals surface area (Å²) in [4.78, 5) is 0. The Morgan fingerprint density at radius 1 is 0.850 bits per heavy atom. The fourth-order valence-electron chi connectivity index (χ4n) is 2.21. The minimum absolute atomic E-state index is 0.0665. The third-order valence-electron chi connectivity index (χ3n) is 3.44. The molecule has 2 rings (SSSR count). The lowest BCUT2D eigenvalue weighted by molar-refractivity contribution is 0.163. The van der Waals surface area contributed by atoms with Crippen molar-refractivity contribution in [1.29, 1.82) is 0 Å². The molecule has 20 heavy (non-hydrogen) atoms. The summed E-state index contributed by atoms with van der Waals surface area (Å²) < 4.78 is 0. The van der Waals surface area contributed by atoms with Gasteiger partial charge in [0.15, 0.2) is 0 Å². The minimum Gasteiger partial charge on any atom is -0.395 e. The molecule has 3 nitrogen and oxygen atoms in total. The number of hydrogen-bond acceptors (Lipinski definition) is 3. The van der Waals surface area contributed by atoms with E-state index in [1.165, 1.54) is 11.1 Å². The SMILES string of the molecule is C[C@@H](NC(CO)CO)c1ccc(-c2ccccc2)cc1. The molecule has 0 fully saturated rings. The number of benzene rings is 2. The summed E-state index contributed by atoms with van der Waals surface area (Å²) in [6, 6.07) is 18.4. The number of aliphatic hydroxyl groups excluding tert-OH is 2. The summed E-state index contributed by atoms with van der Waals surface area (Å²) in [5.74, 6) is 0. The van der Waals surface area contributed by atoms with Gasteiger partial charge in [-0.15, -0.1) is 0 Å². The van der Waals surface area contributed by atoms with E-state index in [2.05, 4.69) is 41.7 Å². The third kappa shape index (κ3) is 3.67. The summed E-state index contributed by atoms with van der Waals surface area (Å²) in [6.07, 6.45) is 0. The van der Waals surface area contributed by atoms with E-state index in [1.807, 2.05) is 25.1 Å². The molecule has 0 aliphatic carbocycles. The van der Waals surface area contributed by atoms with E-state index in [9.17, 15) is 0 Å². The van der Waals surface area contributed by atoms with Crippen LogP contribution in [0.15, 0.2) is 54.6 Å². The van der Waals surface area contributed by atoms with E-state index < -0.39 is 0 Å². The van der Waals surface area contributed by atoms with Crippen LogP contribution in [0.5, 0.6) is 0 Å². The fraction of sp³-hybridized carbons (Fsp3) is 0.294. The van der Waals surface area contributed by atoms with Crippen molar-refractivity contribution in [2.75, 3.05) is 13.2 Å². The second kappa shape index (κ2) is 7.20. The van der Waals surface area contributed by atoms with Crippen molar-refractivity contribution in [2.24, 2.45) is 0 Å². The van der Waals surface area contributed by atoms with Gasteiger partial charge in [0.05, 0.1) is 19.3 Å². The van der Waals surface area contributed by atoms with Gasteiger partial charge in [-0.25, -0.2) is 0 Å². The van der Waals surface area contributed by atoms with Crippen molar-refractivity contribution in [3.63, 3.8) is 0 Å². The molecule has 0 bridgehead atoms. The Hall–Kier alpha value is -1.68. The van der Waals surface area contributed by atoms with E-state index in [4.69, 9.17) is 10.2 Å². The van der Waals surface area contributed by atoms with Crippen molar-refractivity contribution in [2.45, 2.75) is 19.0 Å². The van der Waals surface area contributed by atoms with Crippen molar-refractivity contribution >= 4 is 0 Å². The van der Waals surface area contributed by atoms with Gasteiger partial charge in [0.2, 0.25) is 0 Å². The summed E-state index contributed by atoms with van der Waals surface area (Å²) >= 11 is 0. The molecule has 1 atom stereocenters. The third-order valence-corrected chi connectivity index (χ3v) is 3.44. The van der Waals surface area contributed by atoms with Gasteiger partial charge < -0.3 is 15.5 Å². The molecule has 0 saturated carbocycles. The van der Waals surface area contributed by atoms with Crippen molar-refractivity contribution in [3.8, 4) is 11.1 Å².